The van der Waals surface area contributed by atoms with Crippen LogP contribution in [0.15, 0.2) is 12.8 Å². The number of hydrogen-bond acceptors (Lipinski definition) is 1. The van der Waals surface area contributed by atoms with Gasteiger partial charge in [0, 0.05) is 6.04 Å². The molecule has 0 amide bonds. The highest BCUT2D eigenvalue weighted by atomic mass is 14.9. The first-order chi connectivity index (χ1) is 10.3. The molecule has 0 rings (SSSR count). The maximum Gasteiger partial charge on any atom is 0.0227 e. The van der Waals surface area contributed by atoms with Crippen LogP contribution in [0.5, 0.6) is 0 Å². The summed E-state index contributed by atoms with van der Waals surface area (Å²) < 4.78 is 0. The summed E-state index contributed by atoms with van der Waals surface area (Å²) in [5, 5.41) is 3.26. The van der Waals surface area contributed by atoms with Crippen LogP contribution in [0.1, 0.15) is 110 Å². The van der Waals surface area contributed by atoms with E-state index in [1.165, 1.54) is 96.3 Å². The van der Waals surface area contributed by atoms with E-state index in [1.54, 1.807) is 0 Å². The van der Waals surface area contributed by atoms with Gasteiger partial charge in [0.2, 0.25) is 0 Å². The van der Waals surface area contributed by atoms with E-state index < -0.39 is 0 Å². The van der Waals surface area contributed by atoms with Crippen LogP contribution in [0.25, 0.3) is 0 Å². The Morgan fingerprint density at radius 2 is 1.10 bits per heavy atom. The van der Waals surface area contributed by atoms with Gasteiger partial charge in [-0.05, 0) is 19.5 Å². The molecule has 0 aliphatic carbocycles. The molecule has 0 aromatic carbocycles. The highest BCUT2D eigenvalue weighted by Gasteiger charge is 1.98. The fourth-order valence-corrected chi connectivity index (χ4v) is 2.93. The number of unbranched alkanes of at least 4 members (excludes halogenated alkanes) is 13. The highest BCUT2D eigenvalue weighted by molar-refractivity contribution is 4.69. The molecule has 1 heteroatoms. The maximum absolute atomic E-state index is 3.71. The average Bonchev–Trinajstić information content (AvgIpc) is 2.48. The zero-order valence-corrected chi connectivity index (χ0v) is 15.0. The van der Waals surface area contributed by atoms with Gasteiger partial charge < -0.3 is 5.32 Å². The molecular formula is C20H41N. The van der Waals surface area contributed by atoms with E-state index in [1.807, 2.05) is 6.20 Å². The van der Waals surface area contributed by atoms with E-state index in [9.17, 15) is 0 Å². The third-order valence-corrected chi connectivity index (χ3v) is 4.39. The van der Waals surface area contributed by atoms with Crippen LogP contribution in [0.4, 0.5) is 0 Å². The van der Waals surface area contributed by atoms with Crippen molar-refractivity contribution in [3.8, 4) is 0 Å². The van der Waals surface area contributed by atoms with Gasteiger partial charge in [0.25, 0.3) is 0 Å². The van der Waals surface area contributed by atoms with Crippen molar-refractivity contribution < 1.29 is 0 Å². The largest absolute Gasteiger partial charge is 0.389 e. The van der Waals surface area contributed by atoms with Crippen molar-refractivity contribution in [3.63, 3.8) is 0 Å². The summed E-state index contributed by atoms with van der Waals surface area (Å²) in [6.45, 7) is 8.24. The molecular weight excluding hydrogens is 254 g/mol. The Bertz CT molecular complexity index is 200. The Labute approximate surface area is 135 Å². The Hall–Kier alpha value is -0.460. The maximum atomic E-state index is 3.71. The lowest BCUT2D eigenvalue weighted by Crippen LogP contribution is -2.19. The molecule has 0 aromatic rings. The van der Waals surface area contributed by atoms with Crippen molar-refractivity contribution in [3.05, 3.63) is 12.8 Å². The standard InChI is InChI=1S/C20H41N/c1-4-6-7-8-9-10-11-12-13-14-15-16-17-18-19-20(3)21-5-2/h5,20-21H,2,4,6-19H2,1,3H3. The lowest BCUT2D eigenvalue weighted by atomic mass is 10.0. The van der Waals surface area contributed by atoms with Crippen LogP contribution in [-0.4, -0.2) is 6.04 Å². The molecule has 1 nitrogen and oxygen atoms in total. The number of rotatable bonds is 17. The molecule has 1 atom stereocenters. The van der Waals surface area contributed by atoms with Gasteiger partial charge in [-0.1, -0.05) is 103 Å². The van der Waals surface area contributed by atoms with Crippen LogP contribution < -0.4 is 5.32 Å². The SMILES string of the molecule is C=CNC(C)CCCCCCCCCCCCCCCC. The van der Waals surface area contributed by atoms with E-state index in [0.717, 1.165) is 0 Å². The average molecular weight is 296 g/mol. The summed E-state index contributed by atoms with van der Waals surface area (Å²) >= 11 is 0. The van der Waals surface area contributed by atoms with Gasteiger partial charge in [0.1, 0.15) is 0 Å². The third kappa shape index (κ3) is 17.5. The van der Waals surface area contributed by atoms with Gasteiger partial charge in [0.15, 0.2) is 0 Å². The van der Waals surface area contributed by atoms with Crippen LogP contribution in [0.3, 0.4) is 0 Å². The van der Waals surface area contributed by atoms with Gasteiger partial charge in [-0.3, -0.25) is 0 Å². The third-order valence-electron chi connectivity index (χ3n) is 4.39. The zero-order valence-electron chi connectivity index (χ0n) is 15.0. The van der Waals surface area contributed by atoms with E-state index >= 15 is 0 Å². The number of nitrogens with one attached hydrogen (secondary N) is 1. The molecule has 0 saturated carbocycles. The van der Waals surface area contributed by atoms with Crippen molar-refractivity contribution in [1.29, 1.82) is 0 Å². The van der Waals surface area contributed by atoms with Gasteiger partial charge >= 0.3 is 0 Å². The monoisotopic (exact) mass is 295 g/mol. The summed E-state index contributed by atoms with van der Waals surface area (Å²) in [5.74, 6) is 0. The molecule has 1 unspecified atom stereocenters. The van der Waals surface area contributed by atoms with Crippen LogP contribution >= 0.6 is 0 Å². The van der Waals surface area contributed by atoms with Crippen molar-refractivity contribution >= 4 is 0 Å². The molecule has 1 N–H and O–H groups in total. The van der Waals surface area contributed by atoms with Crippen molar-refractivity contribution in [2.24, 2.45) is 0 Å². The summed E-state index contributed by atoms with van der Waals surface area (Å²) in [6.07, 6.45) is 23.2. The minimum absolute atomic E-state index is 0.597. The van der Waals surface area contributed by atoms with Gasteiger partial charge in [-0.15, -0.1) is 0 Å². The topological polar surface area (TPSA) is 12.0 Å². The highest BCUT2D eigenvalue weighted by Crippen LogP contribution is 2.13. The second kappa shape index (κ2) is 17.6. The molecule has 0 fully saturated rings. The lowest BCUT2D eigenvalue weighted by molar-refractivity contribution is 0.508. The zero-order chi connectivity index (χ0) is 15.6. The van der Waals surface area contributed by atoms with Crippen molar-refractivity contribution in [1.82, 2.24) is 5.32 Å². The smallest absolute Gasteiger partial charge is 0.0227 e. The quantitative estimate of drug-likeness (QED) is 0.285. The molecule has 0 bridgehead atoms. The molecule has 0 saturated heterocycles. The molecule has 0 spiro atoms. The first kappa shape index (κ1) is 20.5. The second-order valence-corrected chi connectivity index (χ2v) is 6.66. The van der Waals surface area contributed by atoms with Gasteiger partial charge in [-0.2, -0.15) is 0 Å². The molecule has 0 aliphatic rings. The summed E-state index contributed by atoms with van der Waals surface area (Å²) in [4.78, 5) is 0. The minimum Gasteiger partial charge on any atom is -0.389 e. The van der Waals surface area contributed by atoms with Crippen LogP contribution in [0, 0.1) is 0 Å². The first-order valence-electron chi connectivity index (χ1n) is 9.68. The summed E-state index contributed by atoms with van der Waals surface area (Å²) in [6, 6.07) is 0.597. The predicted octanol–water partition coefficient (Wildman–Crippen LogP) is 6.98. The van der Waals surface area contributed by atoms with Crippen molar-refractivity contribution in [2.75, 3.05) is 0 Å². The Kier molecular flexibility index (Phi) is 17.2. The van der Waals surface area contributed by atoms with E-state index in [-0.39, 0.29) is 0 Å². The molecule has 0 aromatic heterocycles. The first-order valence-corrected chi connectivity index (χ1v) is 9.68. The van der Waals surface area contributed by atoms with Gasteiger partial charge in [-0.25, -0.2) is 0 Å². The van der Waals surface area contributed by atoms with Gasteiger partial charge in [0.05, 0.1) is 0 Å². The fraction of sp³-hybridized carbons (Fsp3) is 0.900. The van der Waals surface area contributed by atoms with E-state index in [4.69, 9.17) is 0 Å². The van der Waals surface area contributed by atoms with Crippen LogP contribution in [0.2, 0.25) is 0 Å². The Balaban J connectivity index is 3.01. The summed E-state index contributed by atoms with van der Waals surface area (Å²) in [5.41, 5.74) is 0. The number of hydrogen-bond donors (Lipinski definition) is 1. The Morgan fingerprint density at radius 3 is 1.48 bits per heavy atom. The van der Waals surface area contributed by atoms with Crippen molar-refractivity contribution in [2.45, 2.75) is 116 Å². The fourth-order valence-electron chi connectivity index (χ4n) is 2.93. The molecule has 0 radical (unpaired) electrons. The molecule has 0 aliphatic heterocycles. The van der Waals surface area contributed by atoms with Crippen LogP contribution in [-0.2, 0) is 0 Å². The second-order valence-electron chi connectivity index (χ2n) is 6.66. The Morgan fingerprint density at radius 1 is 0.714 bits per heavy atom. The van der Waals surface area contributed by atoms with E-state index in [2.05, 4.69) is 25.7 Å². The molecule has 0 heterocycles. The lowest BCUT2D eigenvalue weighted by Gasteiger charge is -2.10. The summed E-state index contributed by atoms with van der Waals surface area (Å²) in [7, 11) is 0. The molecule has 21 heavy (non-hydrogen) atoms. The van der Waals surface area contributed by atoms with E-state index in [0.29, 0.717) is 6.04 Å². The predicted molar refractivity (Wildman–Crippen MR) is 97.7 cm³/mol. The normalized spacial score (nSPS) is 12.3. The molecule has 126 valence electrons. The minimum atomic E-state index is 0.597.